The fourth-order valence-corrected chi connectivity index (χ4v) is 6.19. The van der Waals surface area contributed by atoms with Crippen LogP contribution in [-0.4, -0.2) is 38.2 Å². The number of anilines is 2. The number of nitrogens with zero attached hydrogens (tertiary/aromatic N) is 4. The van der Waals surface area contributed by atoms with Crippen molar-refractivity contribution in [3.63, 3.8) is 0 Å². The van der Waals surface area contributed by atoms with Crippen molar-refractivity contribution in [2.75, 3.05) is 34.9 Å². The molecule has 0 aliphatic carbocycles. The van der Waals surface area contributed by atoms with E-state index in [9.17, 15) is 28.9 Å². The molecular formula is C32H26F2N4O4S2. The van der Waals surface area contributed by atoms with Crippen molar-refractivity contribution in [1.29, 1.82) is 10.5 Å². The lowest BCUT2D eigenvalue weighted by atomic mass is 10.1. The van der Waals surface area contributed by atoms with Crippen LogP contribution >= 0.6 is 23.9 Å². The number of rotatable bonds is 12. The van der Waals surface area contributed by atoms with Crippen molar-refractivity contribution < 1.29 is 27.8 Å². The van der Waals surface area contributed by atoms with Crippen LogP contribution in [0.15, 0.2) is 82.6 Å². The van der Waals surface area contributed by atoms with Gasteiger partial charge in [-0.25, -0.2) is 8.78 Å². The zero-order valence-corrected chi connectivity index (χ0v) is 25.4. The van der Waals surface area contributed by atoms with E-state index >= 15 is 0 Å². The summed E-state index contributed by atoms with van der Waals surface area (Å²) >= 11 is 2.29. The van der Waals surface area contributed by atoms with Crippen molar-refractivity contribution >= 4 is 58.0 Å². The van der Waals surface area contributed by atoms with Gasteiger partial charge in [0, 0.05) is 20.6 Å². The first-order valence-corrected chi connectivity index (χ1v) is 15.0. The first-order chi connectivity index (χ1) is 21.3. The standard InChI is InChI=1S/C32H26F2N4O4S2/c1-3-41-31(39)19-37(43-23-9-11-27(33)21(15-23)17-35)29-13-14-30(26-8-6-5-7-25(26)29)38(20-32(40)42-4-2)44-24-10-12-28(34)22(16-24)18-36/h5-16H,3-4,19-20H2,1-2H3. The zero-order valence-electron chi connectivity index (χ0n) is 23.8. The molecule has 8 nitrogen and oxygen atoms in total. The summed E-state index contributed by atoms with van der Waals surface area (Å²) in [6.07, 6.45) is 0. The third kappa shape index (κ3) is 7.78. The SMILES string of the molecule is CCOC(=O)CN(Sc1ccc(F)c(C#N)c1)c1ccc(N(CC(=O)OCC)Sc2ccc(F)c(C#N)c2)c2ccccc12. The molecule has 0 fully saturated rings. The molecule has 0 aliphatic rings. The predicted molar refractivity (Wildman–Crippen MR) is 166 cm³/mol. The lowest BCUT2D eigenvalue weighted by Crippen LogP contribution is -2.27. The van der Waals surface area contributed by atoms with Crippen LogP contribution in [0.1, 0.15) is 25.0 Å². The van der Waals surface area contributed by atoms with Gasteiger partial charge in [0.05, 0.1) is 35.7 Å². The summed E-state index contributed by atoms with van der Waals surface area (Å²) in [6, 6.07) is 22.8. The molecule has 0 aromatic heterocycles. The highest BCUT2D eigenvalue weighted by Gasteiger charge is 2.22. The van der Waals surface area contributed by atoms with Gasteiger partial charge in [0.1, 0.15) is 36.9 Å². The fourth-order valence-electron chi connectivity index (χ4n) is 4.23. The highest BCUT2D eigenvalue weighted by Crippen LogP contribution is 2.41. The van der Waals surface area contributed by atoms with Gasteiger partial charge in [-0.15, -0.1) is 0 Å². The predicted octanol–water partition coefficient (Wildman–Crippen LogP) is 7.01. The Hall–Kier alpha value is -4.78. The molecule has 12 heteroatoms. The van der Waals surface area contributed by atoms with Gasteiger partial charge in [-0.1, -0.05) is 24.3 Å². The Kier molecular flexibility index (Phi) is 11.0. The maximum atomic E-state index is 14.0. The number of nitriles is 2. The molecule has 224 valence electrons. The van der Waals surface area contributed by atoms with Crippen LogP contribution < -0.4 is 8.61 Å². The van der Waals surface area contributed by atoms with Crippen molar-refractivity contribution in [3.05, 3.63) is 95.6 Å². The smallest absolute Gasteiger partial charge is 0.326 e. The lowest BCUT2D eigenvalue weighted by Gasteiger charge is -2.28. The molecule has 4 aromatic carbocycles. The second-order valence-electron chi connectivity index (χ2n) is 9.02. The number of benzene rings is 4. The van der Waals surface area contributed by atoms with Crippen LogP contribution in [0.2, 0.25) is 0 Å². The van der Waals surface area contributed by atoms with Crippen molar-refractivity contribution in [2.45, 2.75) is 23.6 Å². The normalized spacial score (nSPS) is 10.5. The number of esters is 2. The summed E-state index contributed by atoms with van der Waals surface area (Å²) < 4.78 is 41.9. The molecule has 0 atom stereocenters. The number of halogens is 2. The van der Waals surface area contributed by atoms with Crippen LogP contribution in [0.5, 0.6) is 0 Å². The average molecular weight is 633 g/mol. The monoisotopic (exact) mass is 632 g/mol. The Balaban J connectivity index is 1.81. The van der Waals surface area contributed by atoms with Gasteiger partial charge in [-0.3, -0.25) is 9.59 Å². The van der Waals surface area contributed by atoms with E-state index in [1.54, 1.807) is 34.6 Å². The number of ether oxygens (including phenoxy) is 2. The van der Waals surface area contributed by atoms with Gasteiger partial charge in [0.2, 0.25) is 0 Å². The summed E-state index contributed by atoms with van der Waals surface area (Å²) in [5.74, 6) is -2.27. The van der Waals surface area contributed by atoms with Crippen molar-refractivity contribution in [2.24, 2.45) is 0 Å². The molecule has 0 saturated heterocycles. The van der Waals surface area contributed by atoms with E-state index in [4.69, 9.17) is 9.47 Å². The molecule has 0 aliphatic heterocycles. The summed E-state index contributed by atoms with van der Waals surface area (Å²) in [5, 5.41) is 20.1. The second-order valence-corrected chi connectivity index (χ2v) is 11.2. The summed E-state index contributed by atoms with van der Waals surface area (Å²) in [6.45, 7) is 3.46. The first kappa shape index (κ1) is 32.1. The molecule has 0 spiro atoms. The van der Waals surface area contributed by atoms with Crippen molar-refractivity contribution in [3.8, 4) is 12.1 Å². The quantitative estimate of drug-likeness (QED) is 0.120. The number of fused-ring (bicyclic) bond motifs is 1. The Morgan fingerprint density at radius 2 is 1.11 bits per heavy atom. The molecule has 0 N–H and O–H groups in total. The number of carbonyl (C=O) groups is 2. The van der Waals surface area contributed by atoms with Gasteiger partial charge in [-0.2, -0.15) is 10.5 Å². The number of carbonyl (C=O) groups excluding carboxylic acids is 2. The molecule has 0 bridgehead atoms. The summed E-state index contributed by atoms with van der Waals surface area (Å²) in [4.78, 5) is 26.4. The Morgan fingerprint density at radius 3 is 1.48 bits per heavy atom. The minimum atomic E-state index is -0.647. The Morgan fingerprint density at radius 1 is 0.705 bits per heavy atom. The van der Waals surface area contributed by atoms with Crippen LogP contribution in [0.25, 0.3) is 10.8 Å². The van der Waals surface area contributed by atoms with Crippen molar-refractivity contribution in [1.82, 2.24) is 0 Å². The first-order valence-electron chi connectivity index (χ1n) is 13.4. The molecule has 0 unspecified atom stereocenters. The van der Waals surface area contributed by atoms with Crippen LogP contribution in [0.3, 0.4) is 0 Å². The molecule has 44 heavy (non-hydrogen) atoms. The third-order valence-electron chi connectivity index (χ3n) is 6.12. The minimum Gasteiger partial charge on any atom is -0.465 e. The van der Waals surface area contributed by atoms with Crippen LogP contribution in [0.4, 0.5) is 20.2 Å². The van der Waals surface area contributed by atoms with Gasteiger partial charge < -0.3 is 18.1 Å². The maximum Gasteiger partial charge on any atom is 0.326 e. The number of hydrogen-bond acceptors (Lipinski definition) is 10. The molecule has 0 saturated carbocycles. The van der Waals surface area contributed by atoms with E-state index in [1.807, 2.05) is 36.4 Å². The fraction of sp³-hybridized carbons (Fsp3) is 0.188. The zero-order chi connectivity index (χ0) is 31.6. The Bertz CT molecular complexity index is 1650. The van der Waals surface area contributed by atoms with E-state index in [2.05, 4.69) is 0 Å². The minimum absolute atomic E-state index is 0.127. The largest absolute Gasteiger partial charge is 0.465 e. The third-order valence-corrected chi connectivity index (χ3v) is 8.14. The highest BCUT2D eigenvalue weighted by molar-refractivity contribution is 8.01. The topological polar surface area (TPSA) is 107 Å². The molecular weight excluding hydrogens is 607 g/mol. The molecule has 4 aromatic rings. The van der Waals surface area contributed by atoms with E-state index in [0.717, 1.165) is 34.7 Å². The van der Waals surface area contributed by atoms with E-state index in [0.29, 0.717) is 21.2 Å². The molecule has 0 radical (unpaired) electrons. The lowest BCUT2D eigenvalue weighted by molar-refractivity contribution is -0.142. The van der Waals surface area contributed by atoms with Gasteiger partial charge >= 0.3 is 11.9 Å². The van der Waals surface area contributed by atoms with Gasteiger partial charge in [-0.05, 0) is 86.3 Å². The van der Waals surface area contributed by atoms with E-state index in [1.165, 1.54) is 36.4 Å². The van der Waals surface area contributed by atoms with Gasteiger partial charge in [0.25, 0.3) is 0 Å². The maximum absolute atomic E-state index is 14.0. The second kappa shape index (κ2) is 15.1. The summed E-state index contributed by atoms with van der Waals surface area (Å²) in [5.41, 5.74) is 0.997. The molecule has 4 rings (SSSR count). The summed E-state index contributed by atoms with van der Waals surface area (Å²) in [7, 11) is 0. The Labute approximate surface area is 262 Å². The highest BCUT2D eigenvalue weighted by atomic mass is 32.2. The van der Waals surface area contributed by atoms with E-state index < -0.39 is 23.6 Å². The van der Waals surface area contributed by atoms with E-state index in [-0.39, 0.29) is 37.4 Å². The van der Waals surface area contributed by atoms with Crippen LogP contribution in [-0.2, 0) is 19.1 Å². The number of hydrogen-bond donors (Lipinski definition) is 0. The van der Waals surface area contributed by atoms with Crippen LogP contribution in [0, 0.1) is 34.3 Å². The average Bonchev–Trinajstić information content (AvgIpc) is 3.02. The molecule has 0 heterocycles. The molecule has 0 amide bonds. The van der Waals surface area contributed by atoms with Gasteiger partial charge in [0.15, 0.2) is 0 Å².